The molecule has 202 valence electrons. The van der Waals surface area contributed by atoms with Gasteiger partial charge in [-0.1, -0.05) is 46.3 Å². The molecule has 1 atom stereocenters. The molecule has 4 N–H and O–H groups in total. The molecule has 1 unspecified atom stereocenters. The number of nitrogens with zero attached hydrogens (tertiary/aromatic N) is 2. The Morgan fingerprint density at radius 2 is 1.78 bits per heavy atom. The maximum atomic E-state index is 11.5. The topological polar surface area (TPSA) is 108 Å². The van der Waals surface area contributed by atoms with E-state index in [0.29, 0.717) is 19.4 Å². The molecule has 1 aliphatic heterocycles. The van der Waals surface area contributed by atoms with E-state index in [4.69, 9.17) is 0 Å². The van der Waals surface area contributed by atoms with E-state index in [1.807, 2.05) is 36.4 Å². The van der Waals surface area contributed by atoms with Crippen LogP contribution >= 0.6 is 15.9 Å². The number of aryl methyl sites for hydroxylation is 1. The SMILES string of the molecule is CN.CNC(=O)CCC(C=O)NCc1c(Br)cccc1N1CCN(CCCc2ccc(C=O)cc2)CC1. The van der Waals surface area contributed by atoms with E-state index < -0.39 is 0 Å². The van der Waals surface area contributed by atoms with E-state index >= 15 is 0 Å². The van der Waals surface area contributed by atoms with Crippen LogP contribution in [-0.4, -0.2) is 76.2 Å². The first-order valence-electron chi connectivity index (χ1n) is 12.8. The maximum absolute atomic E-state index is 11.5. The minimum atomic E-state index is -0.362. The van der Waals surface area contributed by atoms with Crippen molar-refractivity contribution in [3.8, 4) is 0 Å². The van der Waals surface area contributed by atoms with E-state index in [0.717, 1.165) is 73.7 Å². The van der Waals surface area contributed by atoms with Crippen LogP contribution in [0, 0.1) is 0 Å². The van der Waals surface area contributed by atoms with Crippen LogP contribution in [0.15, 0.2) is 46.9 Å². The van der Waals surface area contributed by atoms with E-state index in [-0.39, 0.29) is 11.9 Å². The van der Waals surface area contributed by atoms with Crippen molar-refractivity contribution in [2.45, 2.75) is 38.3 Å². The average molecular weight is 575 g/mol. The number of halogens is 1. The Kier molecular flexibility index (Phi) is 14.1. The molecular formula is C28H40BrN5O3. The molecule has 1 aliphatic rings. The third-order valence-electron chi connectivity index (χ3n) is 6.53. The number of piperazine rings is 1. The summed E-state index contributed by atoms with van der Waals surface area (Å²) in [5.41, 5.74) is 8.80. The first kappa shape index (κ1) is 30.6. The highest BCUT2D eigenvalue weighted by Gasteiger charge is 2.20. The standard InChI is InChI=1S/C27H35BrN4O3.CH5N/c1-29-27(35)12-11-23(20-34)30-18-24-25(28)5-2-6-26(24)32-16-14-31(15-17-32)13-3-4-21-7-9-22(19-33)10-8-21;1-2/h2,5-10,19-20,23,30H,3-4,11-18H2,1H3,(H,29,35);2H2,1H3. The molecule has 8 nitrogen and oxygen atoms in total. The molecule has 1 saturated heterocycles. The summed E-state index contributed by atoms with van der Waals surface area (Å²) in [5, 5.41) is 5.91. The van der Waals surface area contributed by atoms with E-state index in [1.54, 1.807) is 7.05 Å². The van der Waals surface area contributed by atoms with Crippen molar-refractivity contribution in [3.63, 3.8) is 0 Å². The number of carbonyl (C=O) groups is 3. The summed E-state index contributed by atoms with van der Waals surface area (Å²) in [6, 6.07) is 13.7. The Morgan fingerprint density at radius 1 is 1.08 bits per heavy atom. The second-order valence-corrected chi connectivity index (χ2v) is 9.72. The van der Waals surface area contributed by atoms with Crippen LogP contribution in [0.4, 0.5) is 5.69 Å². The van der Waals surface area contributed by atoms with Gasteiger partial charge in [0.15, 0.2) is 0 Å². The summed E-state index contributed by atoms with van der Waals surface area (Å²) in [4.78, 5) is 38.8. The van der Waals surface area contributed by atoms with Gasteiger partial charge in [-0.25, -0.2) is 0 Å². The smallest absolute Gasteiger partial charge is 0.219 e. The quantitative estimate of drug-likeness (QED) is 0.316. The van der Waals surface area contributed by atoms with Crippen LogP contribution in [0.5, 0.6) is 0 Å². The van der Waals surface area contributed by atoms with Gasteiger partial charge >= 0.3 is 0 Å². The number of nitrogens with one attached hydrogen (secondary N) is 2. The summed E-state index contributed by atoms with van der Waals surface area (Å²) in [7, 11) is 3.10. The van der Waals surface area contributed by atoms with Gasteiger partial charge in [-0.2, -0.15) is 0 Å². The molecule has 37 heavy (non-hydrogen) atoms. The molecule has 1 fully saturated rings. The number of carbonyl (C=O) groups excluding carboxylic acids is 3. The van der Waals surface area contributed by atoms with Gasteiger partial charge in [0.25, 0.3) is 0 Å². The molecule has 0 radical (unpaired) electrons. The van der Waals surface area contributed by atoms with Gasteiger partial charge in [0.1, 0.15) is 12.6 Å². The lowest BCUT2D eigenvalue weighted by molar-refractivity contribution is -0.120. The lowest BCUT2D eigenvalue weighted by Gasteiger charge is -2.37. The van der Waals surface area contributed by atoms with Crippen LogP contribution in [0.3, 0.4) is 0 Å². The van der Waals surface area contributed by atoms with Gasteiger partial charge in [0, 0.05) is 67.5 Å². The van der Waals surface area contributed by atoms with E-state index in [2.05, 4.69) is 48.2 Å². The Labute approximate surface area is 229 Å². The van der Waals surface area contributed by atoms with Gasteiger partial charge < -0.3 is 26.1 Å². The van der Waals surface area contributed by atoms with Crippen molar-refractivity contribution in [2.75, 3.05) is 51.7 Å². The Hall–Kier alpha value is -2.59. The zero-order valence-electron chi connectivity index (χ0n) is 21.9. The van der Waals surface area contributed by atoms with E-state index in [9.17, 15) is 14.4 Å². The number of hydrogen-bond acceptors (Lipinski definition) is 7. The Balaban J connectivity index is 0.00000235. The van der Waals surface area contributed by atoms with Crippen LogP contribution < -0.4 is 21.3 Å². The van der Waals surface area contributed by atoms with E-state index in [1.165, 1.54) is 18.3 Å². The van der Waals surface area contributed by atoms with Crippen molar-refractivity contribution in [2.24, 2.45) is 5.73 Å². The summed E-state index contributed by atoms with van der Waals surface area (Å²) in [5.74, 6) is -0.0612. The number of amides is 1. The molecule has 2 aromatic carbocycles. The molecule has 0 aromatic heterocycles. The fraction of sp³-hybridized carbons (Fsp3) is 0.464. The zero-order valence-corrected chi connectivity index (χ0v) is 23.5. The second-order valence-electron chi connectivity index (χ2n) is 8.86. The molecule has 9 heteroatoms. The highest BCUT2D eigenvalue weighted by atomic mass is 79.9. The normalized spacial score (nSPS) is 14.3. The first-order chi connectivity index (χ1) is 18.0. The van der Waals surface area contributed by atoms with Crippen molar-refractivity contribution in [1.29, 1.82) is 0 Å². The number of hydrogen-bond donors (Lipinski definition) is 3. The highest BCUT2D eigenvalue weighted by Crippen LogP contribution is 2.29. The second kappa shape index (κ2) is 17.0. The Morgan fingerprint density at radius 3 is 2.41 bits per heavy atom. The van der Waals surface area contributed by atoms with Crippen LogP contribution in [0.25, 0.3) is 0 Å². The molecule has 0 saturated carbocycles. The molecular weight excluding hydrogens is 534 g/mol. The fourth-order valence-electron chi connectivity index (χ4n) is 4.36. The minimum absolute atomic E-state index is 0.0612. The van der Waals surface area contributed by atoms with Crippen molar-refractivity contribution in [3.05, 3.63) is 63.6 Å². The van der Waals surface area contributed by atoms with Gasteiger partial charge in [-0.3, -0.25) is 14.5 Å². The van der Waals surface area contributed by atoms with Gasteiger partial charge in [0.2, 0.25) is 5.91 Å². The third kappa shape index (κ3) is 10.0. The number of nitrogens with two attached hydrogens (primary N) is 1. The van der Waals surface area contributed by atoms with Gasteiger partial charge in [-0.15, -0.1) is 0 Å². The largest absolute Gasteiger partial charge is 0.369 e. The van der Waals surface area contributed by atoms with Crippen molar-refractivity contribution < 1.29 is 14.4 Å². The maximum Gasteiger partial charge on any atom is 0.219 e. The molecule has 0 bridgehead atoms. The summed E-state index contributed by atoms with van der Waals surface area (Å²) >= 11 is 3.69. The highest BCUT2D eigenvalue weighted by molar-refractivity contribution is 9.10. The number of aldehydes is 2. The van der Waals surface area contributed by atoms with Crippen LogP contribution in [0.2, 0.25) is 0 Å². The monoisotopic (exact) mass is 573 g/mol. The molecule has 3 rings (SSSR count). The molecule has 2 aromatic rings. The summed E-state index contributed by atoms with van der Waals surface area (Å²) in [6.45, 7) is 5.52. The lowest BCUT2D eigenvalue weighted by atomic mass is 10.1. The predicted octanol–water partition coefficient (Wildman–Crippen LogP) is 2.77. The number of benzene rings is 2. The molecule has 0 spiro atoms. The number of anilines is 1. The third-order valence-corrected chi connectivity index (χ3v) is 7.27. The average Bonchev–Trinajstić information content (AvgIpc) is 2.95. The minimum Gasteiger partial charge on any atom is -0.369 e. The molecule has 0 aliphatic carbocycles. The van der Waals surface area contributed by atoms with Crippen LogP contribution in [-0.2, 0) is 22.6 Å². The predicted molar refractivity (Wildman–Crippen MR) is 153 cm³/mol. The zero-order chi connectivity index (χ0) is 27.0. The van der Waals surface area contributed by atoms with Crippen molar-refractivity contribution in [1.82, 2.24) is 15.5 Å². The van der Waals surface area contributed by atoms with Gasteiger partial charge in [0.05, 0.1) is 6.04 Å². The fourth-order valence-corrected chi connectivity index (χ4v) is 4.86. The first-order valence-corrected chi connectivity index (χ1v) is 13.6. The molecule has 1 heterocycles. The van der Waals surface area contributed by atoms with Crippen LogP contribution in [0.1, 0.15) is 40.7 Å². The molecule has 1 amide bonds. The van der Waals surface area contributed by atoms with Crippen molar-refractivity contribution >= 4 is 40.1 Å². The Bertz CT molecular complexity index is 978. The summed E-state index contributed by atoms with van der Waals surface area (Å²) in [6.07, 6.45) is 4.66. The lowest BCUT2D eigenvalue weighted by Crippen LogP contribution is -2.47. The van der Waals surface area contributed by atoms with Gasteiger partial charge in [-0.05, 0) is 50.6 Å². The summed E-state index contributed by atoms with van der Waals surface area (Å²) < 4.78 is 1.02. The number of rotatable bonds is 13.